The molecule has 2 heterocycles. The highest BCUT2D eigenvalue weighted by Gasteiger charge is 2.04. The molecule has 0 aromatic carbocycles. The first-order valence-corrected chi connectivity index (χ1v) is 5.91. The second-order valence-corrected chi connectivity index (χ2v) is 4.28. The minimum Gasteiger partial charge on any atom is -0.368 e. The molecule has 0 saturated heterocycles. The lowest BCUT2D eigenvalue weighted by atomic mass is 10.2. The predicted molar refractivity (Wildman–Crippen MR) is 66.0 cm³/mol. The van der Waals surface area contributed by atoms with E-state index < -0.39 is 0 Å². The fourth-order valence-corrected chi connectivity index (χ4v) is 1.65. The molecule has 1 N–H and O–H groups in total. The molecule has 2 rings (SSSR count). The van der Waals surface area contributed by atoms with Crippen LogP contribution in [0.2, 0.25) is 0 Å². The number of fused-ring (bicyclic) bond motifs is 1. The molecule has 0 spiro atoms. The number of aromatic nitrogens is 3. The van der Waals surface area contributed by atoms with E-state index in [-0.39, 0.29) is 5.38 Å². The second kappa shape index (κ2) is 5.16. The van der Waals surface area contributed by atoms with Crippen LogP contribution < -0.4 is 5.32 Å². The Morgan fingerprint density at radius 2 is 2.38 bits per heavy atom. The molecule has 0 aliphatic heterocycles. The summed E-state index contributed by atoms with van der Waals surface area (Å²) in [7, 11) is 0. The zero-order chi connectivity index (χ0) is 11.4. The topological polar surface area (TPSA) is 42.2 Å². The quantitative estimate of drug-likeness (QED) is 0.814. The highest BCUT2D eigenvalue weighted by atomic mass is 35.5. The lowest BCUT2D eigenvalue weighted by Gasteiger charge is -2.09. The van der Waals surface area contributed by atoms with Gasteiger partial charge in [-0.1, -0.05) is 6.92 Å². The summed E-state index contributed by atoms with van der Waals surface area (Å²) >= 11 is 6.05. The van der Waals surface area contributed by atoms with Crippen molar-refractivity contribution in [2.45, 2.75) is 25.1 Å². The first-order chi connectivity index (χ1) is 7.81. The van der Waals surface area contributed by atoms with Crippen LogP contribution in [0.1, 0.15) is 19.8 Å². The standard InChI is InChI=1S/C11H15ClN4/c1-2-9(12)3-5-13-11-10-4-6-15-16(10)8-7-14-11/h4,6-9H,2-3,5H2,1H3,(H,13,14). The predicted octanol–water partition coefficient (Wildman–Crippen LogP) is 2.55. The van der Waals surface area contributed by atoms with Crippen molar-refractivity contribution < 1.29 is 0 Å². The molecule has 16 heavy (non-hydrogen) atoms. The lowest BCUT2D eigenvalue weighted by Crippen LogP contribution is -2.09. The van der Waals surface area contributed by atoms with Gasteiger partial charge in [0.25, 0.3) is 0 Å². The lowest BCUT2D eigenvalue weighted by molar-refractivity contribution is 0.752. The van der Waals surface area contributed by atoms with Crippen LogP contribution in [0.5, 0.6) is 0 Å². The van der Waals surface area contributed by atoms with Crippen LogP contribution in [0.15, 0.2) is 24.7 Å². The van der Waals surface area contributed by atoms with Gasteiger partial charge in [-0.05, 0) is 18.9 Å². The van der Waals surface area contributed by atoms with Crippen LogP contribution in [0.3, 0.4) is 0 Å². The number of anilines is 1. The van der Waals surface area contributed by atoms with Crippen LogP contribution in [-0.2, 0) is 0 Å². The molecule has 2 aromatic heterocycles. The molecule has 0 saturated carbocycles. The maximum Gasteiger partial charge on any atom is 0.152 e. The van der Waals surface area contributed by atoms with E-state index in [0.29, 0.717) is 0 Å². The van der Waals surface area contributed by atoms with Gasteiger partial charge in [0.2, 0.25) is 0 Å². The Kier molecular flexibility index (Phi) is 3.62. The van der Waals surface area contributed by atoms with Crippen LogP contribution in [-0.4, -0.2) is 26.5 Å². The Bertz CT molecular complexity index is 454. The molecule has 5 heteroatoms. The van der Waals surface area contributed by atoms with Crippen molar-refractivity contribution in [2.75, 3.05) is 11.9 Å². The average molecular weight is 239 g/mol. The zero-order valence-electron chi connectivity index (χ0n) is 9.23. The molecular formula is C11H15ClN4. The third-order valence-electron chi connectivity index (χ3n) is 2.52. The van der Waals surface area contributed by atoms with E-state index in [4.69, 9.17) is 11.6 Å². The van der Waals surface area contributed by atoms with Crippen molar-refractivity contribution >= 4 is 22.9 Å². The molecule has 0 bridgehead atoms. The summed E-state index contributed by atoms with van der Waals surface area (Å²) < 4.78 is 1.80. The molecule has 1 atom stereocenters. The maximum absolute atomic E-state index is 6.05. The van der Waals surface area contributed by atoms with E-state index in [9.17, 15) is 0 Å². The molecule has 86 valence electrons. The number of hydrogen-bond donors (Lipinski definition) is 1. The highest BCUT2D eigenvalue weighted by Crippen LogP contribution is 2.13. The first-order valence-electron chi connectivity index (χ1n) is 5.47. The summed E-state index contributed by atoms with van der Waals surface area (Å²) in [6, 6.07) is 1.94. The van der Waals surface area contributed by atoms with Gasteiger partial charge >= 0.3 is 0 Å². The molecule has 0 aliphatic carbocycles. The summed E-state index contributed by atoms with van der Waals surface area (Å²) in [5.74, 6) is 0.861. The van der Waals surface area contributed by atoms with Gasteiger partial charge in [0.1, 0.15) is 5.52 Å². The van der Waals surface area contributed by atoms with Crippen molar-refractivity contribution in [3.63, 3.8) is 0 Å². The zero-order valence-corrected chi connectivity index (χ0v) is 9.98. The fraction of sp³-hybridized carbons (Fsp3) is 0.455. The van der Waals surface area contributed by atoms with E-state index in [1.54, 1.807) is 16.9 Å². The van der Waals surface area contributed by atoms with Crippen LogP contribution in [0.4, 0.5) is 5.82 Å². The molecule has 2 aromatic rings. The molecular weight excluding hydrogens is 224 g/mol. The van der Waals surface area contributed by atoms with Gasteiger partial charge in [-0.2, -0.15) is 5.10 Å². The maximum atomic E-state index is 6.05. The minimum absolute atomic E-state index is 0.233. The van der Waals surface area contributed by atoms with Gasteiger partial charge in [0, 0.05) is 24.3 Å². The van der Waals surface area contributed by atoms with Gasteiger partial charge in [-0.3, -0.25) is 0 Å². The molecule has 1 unspecified atom stereocenters. The number of hydrogen-bond acceptors (Lipinski definition) is 3. The normalized spacial score (nSPS) is 12.9. The van der Waals surface area contributed by atoms with Crippen molar-refractivity contribution in [2.24, 2.45) is 0 Å². The van der Waals surface area contributed by atoms with E-state index in [0.717, 1.165) is 30.7 Å². The Balaban J connectivity index is 2.01. The summed E-state index contributed by atoms with van der Waals surface area (Å²) in [4.78, 5) is 4.29. The van der Waals surface area contributed by atoms with Crippen LogP contribution in [0, 0.1) is 0 Å². The van der Waals surface area contributed by atoms with Gasteiger partial charge in [0.15, 0.2) is 5.82 Å². The molecule has 0 radical (unpaired) electrons. The number of halogens is 1. The first kappa shape index (κ1) is 11.2. The van der Waals surface area contributed by atoms with Gasteiger partial charge in [0.05, 0.1) is 6.20 Å². The third-order valence-corrected chi connectivity index (χ3v) is 3.04. The van der Waals surface area contributed by atoms with E-state index in [1.165, 1.54) is 0 Å². The smallest absolute Gasteiger partial charge is 0.152 e. The fourth-order valence-electron chi connectivity index (χ4n) is 1.55. The number of nitrogens with one attached hydrogen (secondary N) is 1. The summed E-state index contributed by atoms with van der Waals surface area (Å²) in [6.45, 7) is 2.92. The molecule has 0 aliphatic rings. The number of rotatable bonds is 5. The minimum atomic E-state index is 0.233. The van der Waals surface area contributed by atoms with Gasteiger partial charge in [-0.25, -0.2) is 9.50 Å². The van der Waals surface area contributed by atoms with Crippen LogP contribution >= 0.6 is 11.6 Å². The Labute approximate surface area is 99.6 Å². The summed E-state index contributed by atoms with van der Waals surface area (Å²) in [6.07, 6.45) is 7.26. The van der Waals surface area contributed by atoms with Crippen LogP contribution in [0.25, 0.3) is 5.52 Å². The van der Waals surface area contributed by atoms with Crippen molar-refractivity contribution in [3.05, 3.63) is 24.7 Å². The van der Waals surface area contributed by atoms with Crippen molar-refractivity contribution in [1.82, 2.24) is 14.6 Å². The average Bonchev–Trinajstić information content (AvgIpc) is 2.77. The van der Waals surface area contributed by atoms with Gasteiger partial charge < -0.3 is 5.32 Å². The largest absolute Gasteiger partial charge is 0.368 e. The number of alkyl halides is 1. The number of nitrogens with zero attached hydrogens (tertiary/aromatic N) is 3. The molecule has 0 fully saturated rings. The monoisotopic (exact) mass is 238 g/mol. The van der Waals surface area contributed by atoms with Crippen molar-refractivity contribution in [3.8, 4) is 0 Å². The Hall–Kier alpha value is -1.29. The van der Waals surface area contributed by atoms with E-state index >= 15 is 0 Å². The Morgan fingerprint density at radius 1 is 1.50 bits per heavy atom. The summed E-state index contributed by atoms with van der Waals surface area (Å²) in [5.41, 5.74) is 0.991. The van der Waals surface area contributed by atoms with E-state index in [2.05, 4.69) is 22.3 Å². The molecule has 4 nitrogen and oxygen atoms in total. The van der Waals surface area contributed by atoms with Gasteiger partial charge in [-0.15, -0.1) is 11.6 Å². The highest BCUT2D eigenvalue weighted by molar-refractivity contribution is 6.20. The van der Waals surface area contributed by atoms with Crippen molar-refractivity contribution in [1.29, 1.82) is 0 Å². The van der Waals surface area contributed by atoms with E-state index in [1.807, 2.05) is 12.3 Å². The Morgan fingerprint density at radius 3 is 3.19 bits per heavy atom. The summed E-state index contributed by atoms with van der Waals surface area (Å²) in [5, 5.41) is 7.67. The SMILES string of the molecule is CCC(Cl)CCNc1nccn2nccc12. The second-order valence-electron chi connectivity index (χ2n) is 3.66. The molecule has 0 amide bonds. The third kappa shape index (κ3) is 2.44.